The average Bonchev–Trinajstić information content (AvgIpc) is 3.06. The third kappa shape index (κ3) is 2.10. The number of halogens is 4. The maximum absolute atomic E-state index is 15.1. The van der Waals surface area contributed by atoms with Crippen molar-refractivity contribution in [3.8, 4) is 0 Å². The van der Waals surface area contributed by atoms with E-state index in [1.165, 1.54) is 6.92 Å². The van der Waals surface area contributed by atoms with E-state index in [4.69, 9.17) is 4.74 Å². The van der Waals surface area contributed by atoms with Crippen LogP contribution in [0.15, 0.2) is 16.7 Å². The Labute approximate surface area is 146 Å². The molecule has 2 aromatic rings. The van der Waals surface area contributed by atoms with E-state index in [1.807, 2.05) is 0 Å². The Morgan fingerprint density at radius 2 is 2.17 bits per heavy atom. The normalized spacial score (nSPS) is 29.1. The van der Waals surface area contributed by atoms with E-state index in [1.54, 1.807) is 16.9 Å². The SMILES string of the molecule is CCC1(F)c2c(cc3c(cnn3C3CCCCO3)c2Br)CC1(F)F. The number of benzene rings is 1. The lowest BCUT2D eigenvalue weighted by molar-refractivity contribution is -0.131. The van der Waals surface area contributed by atoms with Crippen molar-refractivity contribution in [2.45, 2.75) is 56.8 Å². The summed E-state index contributed by atoms with van der Waals surface area (Å²) in [6, 6.07) is 1.66. The van der Waals surface area contributed by atoms with Gasteiger partial charge in [0.25, 0.3) is 5.92 Å². The van der Waals surface area contributed by atoms with Crippen LogP contribution in [0.2, 0.25) is 0 Å². The zero-order valence-corrected chi connectivity index (χ0v) is 14.9. The fourth-order valence-electron chi connectivity index (χ4n) is 3.91. The van der Waals surface area contributed by atoms with Gasteiger partial charge in [-0.25, -0.2) is 17.9 Å². The minimum Gasteiger partial charge on any atom is -0.356 e. The number of rotatable bonds is 2. The van der Waals surface area contributed by atoms with Crippen molar-refractivity contribution in [2.24, 2.45) is 0 Å². The molecule has 2 aliphatic rings. The third-order valence-corrected chi connectivity index (χ3v) is 6.05. The highest BCUT2D eigenvalue weighted by molar-refractivity contribution is 9.10. The molecule has 0 spiro atoms. The Balaban J connectivity index is 1.90. The van der Waals surface area contributed by atoms with Crippen LogP contribution in [0.3, 0.4) is 0 Å². The molecule has 0 bridgehead atoms. The second-order valence-electron chi connectivity index (χ2n) is 6.60. The molecule has 1 aliphatic carbocycles. The van der Waals surface area contributed by atoms with E-state index in [2.05, 4.69) is 21.0 Å². The lowest BCUT2D eigenvalue weighted by atomic mass is 9.92. The largest absolute Gasteiger partial charge is 0.356 e. The van der Waals surface area contributed by atoms with Crippen LogP contribution < -0.4 is 0 Å². The van der Waals surface area contributed by atoms with Crippen molar-refractivity contribution in [3.05, 3.63) is 27.9 Å². The van der Waals surface area contributed by atoms with Crippen molar-refractivity contribution < 1.29 is 17.9 Å². The molecule has 7 heteroatoms. The molecule has 1 aliphatic heterocycles. The van der Waals surface area contributed by atoms with Crippen LogP contribution in [0.1, 0.15) is 50.0 Å². The topological polar surface area (TPSA) is 27.1 Å². The Bertz CT molecular complexity index is 801. The van der Waals surface area contributed by atoms with Gasteiger partial charge in [-0.3, -0.25) is 0 Å². The summed E-state index contributed by atoms with van der Waals surface area (Å²) < 4.78 is 51.7. The number of aromatic nitrogens is 2. The zero-order valence-electron chi connectivity index (χ0n) is 13.3. The number of hydrogen-bond donors (Lipinski definition) is 0. The van der Waals surface area contributed by atoms with Gasteiger partial charge in [-0.15, -0.1) is 0 Å². The molecule has 1 saturated heterocycles. The lowest BCUT2D eigenvalue weighted by Crippen LogP contribution is -2.37. The van der Waals surface area contributed by atoms with E-state index in [0.29, 0.717) is 27.5 Å². The summed E-state index contributed by atoms with van der Waals surface area (Å²) in [4.78, 5) is 0. The van der Waals surface area contributed by atoms with Crippen LogP contribution in [-0.4, -0.2) is 22.3 Å². The molecule has 0 amide bonds. The van der Waals surface area contributed by atoms with Crippen molar-refractivity contribution >= 4 is 26.8 Å². The first-order valence-corrected chi connectivity index (χ1v) is 9.06. The van der Waals surface area contributed by atoms with E-state index in [0.717, 1.165) is 19.3 Å². The van der Waals surface area contributed by atoms with Crippen LogP contribution in [0.4, 0.5) is 13.2 Å². The Kier molecular flexibility index (Phi) is 3.73. The number of alkyl halides is 3. The van der Waals surface area contributed by atoms with Crippen molar-refractivity contribution in [1.82, 2.24) is 9.78 Å². The Hall–Kier alpha value is -1.08. The second-order valence-corrected chi connectivity index (χ2v) is 7.40. The molecule has 130 valence electrons. The second kappa shape index (κ2) is 5.46. The molecule has 0 saturated carbocycles. The summed E-state index contributed by atoms with van der Waals surface area (Å²) in [5.74, 6) is -3.40. The highest BCUT2D eigenvalue weighted by atomic mass is 79.9. The van der Waals surface area contributed by atoms with Crippen LogP contribution in [0, 0.1) is 0 Å². The van der Waals surface area contributed by atoms with Crippen molar-refractivity contribution in [3.63, 3.8) is 0 Å². The van der Waals surface area contributed by atoms with Gasteiger partial charge in [0.15, 0.2) is 11.9 Å². The minimum atomic E-state index is -3.40. The lowest BCUT2D eigenvalue weighted by Gasteiger charge is -2.27. The van der Waals surface area contributed by atoms with E-state index >= 15 is 4.39 Å². The van der Waals surface area contributed by atoms with E-state index in [9.17, 15) is 8.78 Å². The molecule has 2 heterocycles. The molecule has 0 radical (unpaired) electrons. The van der Waals surface area contributed by atoms with Gasteiger partial charge in [-0.1, -0.05) is 6.92 Å². The number of ether oxygens (including phenoxy) is 1. The zero-order chi connectivity index (χ0) is 17.1. The molecule has 2 unspecified atom stereocenters. The number of fused-ring (bicyclic) bond motifs is 2. The standard InChI is InChI=1S/C17H18BrF3N2O/c1-2-16(19)14-10(8-17(16,20)21)7-12-11(15(14)18)9-22-23(12)13-5-3-4-6-24-13/h7,9,13H,2-6,8H2,1H3. The summed E-state index contributed by atoms with van der Waals surface area (Å²) in [6.07, 6.45) is 3.45. The van der Waals surface area contributed by atoms with Gasteiger partial charge in [0.2, 0.25) is 0 Å². The van der Waals surface area contributed by atoms with Gasteiger partial charge < -0.3 is 4.74 Å². The highest BCUT2D eigenvalue weighted by Gasteiger charge is 2.61. The van der Waals surface area contributed by atoms with Crippen LogP contribution >= 0.6 is 15.9 Å². The Morgan fingerprint density at radius 3 is 2.83 bits per heavy atom. The highest BCUT2D eigenvalue weighted by Crippen LogP contribution is 2.56. The predicted molar refractivity (Wildman–Crippen MR) is 88.0 cm³/mol. The molecule has 24 heavy (non-hydrogen) atoms. The Morgan fingerprint density at radius 1 is 1.38 bits per heavy atom. The maximum atomic E-state index is 15.1. The van der Waals surface area contributed by atoms with Crippen LogP contribution in [0.5, 0.6) is 0 Å². The summed E-state index contributed by atoms with van der Waals surface area (Å²) in [6.45, 7) is 2.12. The molecule has 0 N–H and O–H groups in total. The molecule has 1 fully saturated rings. The smallest absolute Gasteiger partial charge is 0.289 e. The summed E-state index contributed by atoms with van der Waals surface area (Å²) in [5, 5.41) is 5.03. The first-order valence-electron chi connectivity index (χ1n) is 8.26. The fraction of sp³-hybridized carbons (Fsp3) is 0.588. The molecule has 1 aromatic heterocycles. The van der Waals surface area contributed by atoms with Crippen molar-refractivity contribution in [2.75, 3.05) is 6.61 Å². The van der Waals surface area contributed by atoms with Gasteiger partial charge in [-0.2, -0.15) is 5.10 Å². The maximum Gasteiger partial charge on any atom is 0.289 e. The fourth-order valence-corrected chi connectivity index (χ4v) is 4.78. The van der Waals surface area contributed by atoms with E-state index < -0.39 is 18.0 Å². The predicted octanol–water partition coefficient (Wildman–Crippen LogP) is 5.26. The van der Waals surface area contributed by atoms with Gasteiger partial charge in [0, 0.05) is 28.5 Å². The van der Waals surface area contributed by atoms with Crippen LogP contribution in [-0.2, 0) is 16.8 Å². The average molecular weight is 403 g/mol. The quantitative estimate of drug-likeness (QED) is 0.684. The first kappa shape index (κ1) is 16.4. The van der Waals surface area contributed by atoms with Crippen LogP contribution in [0.25, 0.3) is 10.9 Å². The third-order valence-electron chi connectivity index (χ3n) is 5.23. The molecule has 4 rings (SSSR count). The molecule has 1 aromatic carbocycles. The summed E-state index contributed by atoms with van der Waals surface area (Å²) in [5.41, 5.74) is -1.50. The minimum absolute atomic E-state index is 0.0756. The summed E-state index contributed by atoms with van der Waals surface area (Å²) >= 11 is 3.37. The first-order chi connectivity index (χ1) is 11.4. The number of hydrogen-bond acceptors (Lipinski definition) is 2. The van der Waals surface area contributed by atoms with Crippen molar-refractivity contribution in [1.29, 1.82) is 0 Å². The molecule has 3 nitrogen and oxygen atoms in total. The van der Waals surface area contributed by atoms with Gasteiger partial charge in [0.05, 0.1) is 11.7 Å². The number of nitrogens with zero attached hydrogens (tertiary/aromatic N) is 2. The monoisotopic (exact) mass is 402 g/mol. The van der Waals surface area contributed by atoms with Gasteiger partial charge in [0.1, 0.15) is 0 Å². The van der Waals surface area contributed by atoms with E-state index in [-0.39, 0.29) is 18.2 Å². The molecule has 2 atom stereocenters. The molecular weight excluding hydrogens is 385 g/mol. The van der Waals surface area contributed by atoms with Gasteiger partial charge >= 0.3 is 0 Å². The van der Waals surface area contributed by atoms with Gasteiger partial charge in [-0.05, 0) is 53.2 Å². The summed E-state index contributed by atoms with van der Waals surface area (Å²) in [7, 11) is 0. The molecular formula is C17H18BrF3N2O.